The minimum atomic E-state index is -3.84. The lowest BCUT2D eigenvalue weighted by molar-refractivity contribution is 0.286. The number of hydrogen-bond donors (Lipinski definition) is 2. The molecule has 3 aromatic rings. The fourth-order valence-corrected chi connectivity index (χ4v) is 5.85. The van der Waals surface area contributed by atoms with Gasteiger partial charge in [0, 0.05) is 29.7 Å². The average Bonchev–Trinajstić information content (AvgIpc) is 3.20. The molecular formula is C24H26FN5O4S. The Labute approximate surface area is 202 Å². The quantitative estimate of drug-likeness (QED) is 0.457. The van der Waals surface area contributed by atoms with E-state index in [0.29, 0.717) is 23.4 Å². The van der Waals surface area contributed by atoms with Gasteiger partial charge >= 0.3 is 0 Å². The van der Waals surface area contributed by atoms with Gasteiger partial charge in [0.2, 0.25) is 5.88 Å². The molecule has 184 valence electrons. The molecule has 2 N–H and O–H groups in total. The summed E-state index contributed by atoms with van der Waals surface area (Å²) in [5, 5.41) is 7.54. The van der Waals surface area contributed by atoms with Gasteiger partial charge in [0.05, 0.1) is 13.2 Å². The Kier molecular flexibility index (Phi) is 5.50. The molecule has 2 fully saturated rings. The molecule has 9 nitrogen and oxygen atoms in total. The lowest BCUT2D eigenvalue weighted by Crippen LogP contribution is -2.30. The standard InChI is InChI=1S/C24H26FN5O4S/c1-33-20-12-14(8-10-26-20)18-13-19(25)16-6-3-7-17(16)22(18)27-23-24(34-23)29-35(31,32)21-9-11-30(28-21)15-4-2-5-15/h8-13,15,23-24,27,29H,2-7H2,1H3. The maximum atomic E-state index is 14.9. The summed E-state index contributed by atoms with van der Waals surface area (Å²) >= 11 is 0. The van der Waals surface area contributed by atoms with E-state index in [1.165, 1.54) is 19.2 Å². The van der Waals surface area contributed by atoms with Crippen molar-refractivity contribution < 1.29 is 22.3 Å². The summed E-state index contributed by atoms with van der Waals surface area (Å²) in [4.78, 5) is 4.14. The monoisotopic (exact) mass is 499 g/mol. The molecule has 1 aliphatic heterocycles. The third-order valence-corrected chi connectivity index (χ3v) is 8.27. The topological polar surface area (TPSA) is 111 Å². The van der Waals surface area contributed by atoms with Crippen LogP contribution in [0.3, 0.4) is 0 Å². The second-order valence-electron chi connectivity index (χ2n) is 9.14. The SMILES string of the molecule is COc1cc(-c2cc(F)c3c(c2NC2OC2NS(=O)(=O)c2ccn(C4CCC4)n2)CCC3)ccn1. The highest BCUT2D eigenvalue weighted by atomic mass is 32.2. The van der Waals surface area contributed by atoms with E-state index in [2.05, 4.69) is 20.1 Å². The van der Waals surface area contributed by atoms with Gasteiger partial charge < -0.3 is 14.8 Å². The van der Waals surface area contributed by atoms with Crippen LogP contribution in [0, 0.1) is 5.82 Å². The minimum Gasteiger partial charge on any atom is -0.481 e. The molecule has 0 amide bonds. The number of nitrogens with zero attached hydrogens (tertiary/aromatic N) is 3. The summed E-state index contributed by atoms with van der Waals surface area (Å²) in [6, 6.07) is 6.82. The van der Waals surface area contributed by atoms with E-state index in [1.54, 1.807) is 29.2 Å². The highest BCUT2D eigenvalue weighted by Crippen LogP contribution is 2.41. The number of pyridine rings is 1. The van der Waals surface area contributed by atoms with Gasteiger partial charge in [0.25, 0.3) is 10.0 Å². The Morgan fingerprint density at radius 1 is 1.14 bits per heavy atom. The fraction of sp³-hybridized carbons (Fsp3) is 0.417. The van der Waals surface area contributed by atoms with Crippen molar-refractivity contribution in [3.05, 3.63) is 53.6 Å². The first-order chi connectivity index (χ1) is 16.9. The van der Waals surface area contributed by atoms with Crippen molar-refractivity contribution in [1.82, 2.24) is 19.5 Å². The van der Waals surface area contributed by atoms with Crippen LogP contribution in [-0.4, -0.2) is 42.7 Å². The number of epoxide rings is 1. The lowest BCUT2D eigenvalue weighted by Gasteiger charge is -2.25. The van der Waals surface area contributed by atoms with E-state index < -0.39 is 22.5 Å². The number of nitrogens with one attached hydrogen (secondary N) is 2. The predicted molar refractivity (Wildman–Crippen MR) is 126 cm³/mol. The summed E-state index contributed by atoms with van der Waals surface area (Å²) in [7, 11) is -2.31. The summed E-state index contributed by atoms with van der Waals surface area (Å²) in [5.41, 5.74) is 3.73. The lowest BCUT2D eigenvalue weighted by atomic mass is 9.93. The molecule has 3 heterocycles. The maximum Gasteiger partial charge on any atom is 0.262 e. The minimum absolute atomic E-state index is 0.0223. The van der Waals surface area contributed by atoms with E-state index in [9.17, 15) is 12.8 Å². The summed E-state index contributed by atoms with van der Waals surface area (Å²) in [5.74, 6) is 0.175. The van der Waals surface area contributed by atoms with Gasteiger partial charge in [0.1, 0.15) is 5.82 Å². The van der Waals surface area contributed by atoms with Crippen LogP contribution in [0.25, 0.3) is 11.1 Å². The van der Waals surface area contributed by atoms with Gasteiger partial charge in [-0.2, -0.15) is 9.82 Å². The van der Waals surface area contributed by atoms with Crippen LogP contribution in [0.1, 0.15) is 42.9 Å². The highest BCUT2D eigenvalue weighted by Gasteiger charge is 2.44. The number of anilines is 1. The Morgan fingerprint density at radius 3 is 2.74 bits per heavy atom. The molecule has 11 heteroatoms. The molecule has 0 spiro atoms. The van der Waals surface area contributed by atoms with Gasteiger partial charge in [0.15, 0.2) is 17.5 Å². The molecule has 2 aliphatic carbocycles. The van der Waals surface area contributed by atoms with Crippen LogP contribution in [0.5, 0.6) is 5.88 Å². The molecule has 3 aliphatic rings. The first kappa shape index (κ1) is 22.4. The third kappa shape index (κ3) is 4.17. The average molecular weight is 500 g/mol. The van der Waals surface area contributed by atoms with Crippen molar-refractivity contribution >= 4 is 15.7 Å². The van der Waals surface area contributed by atoms with Gasteiger partial charge in [-0.15, -0.1) is 0 Å². The Morgan fingerprint density at radius 2 is 1.97 bits per heavy atom. The zero-order valence-corrected chi connectivity index (χ0v) is 20.0. The van der Waals surface area contributed by atoms with Crippen molar-refractivity contribution in [3.8, 4) is 17.0 Å². The van der Waals surface area contributed by atoms with E-state index in [4.69, 9.17) is 9.47 Å². The highest BCUT2D eigenvalue weighted by molar-refractivity contribution is 7.89. The molecular weight excluding hydrogens is 473 g/mol. The molecule has 2 atom stereocenters. The van der Waals surface area contributed by atoms with E-state index in [1.807, 2.05) is 0 Å². The number of halogens is 1. The first-order valence-electron chi connectivity index (χ1n) is 11.8. The molecule has 2 aromatic heterocycles. The molecule has 2 unspecified atom stereocenters. The second kappa shape index (κ2) is 8.58. The van der Waals surface area contributed by atoms with Crippen LogP contribution in [0.15, 0.2) is 41.7 Å². The van der Waals surface area contributed by atoms with Crippen LogP contribution < -0.4 is 14.8 Å². The Balaban J connectivity index is 1.24. The maximum absolute atomic E-state index is 14.9. The van der Waals surface area contributed by atoms with Gasteiger partial charge in [-0.3, -0.25) is 4.68 Å². The fourth-order valence-electron chi connectivity index (χ4n) is 4.80. The second-order valence-corrected chi connectivity index (χ2v) is 10.8. The number of aromatic nitrogens is 3. The number of sulfonamides is 1. The number of rotatable bonds is 8. The molecule has 1 saturated heterocycles. The van der Waals surface area contributed by atoms with Crippen molar-refractivity contribution in [3.63, 3.8) is 0 Å². The molecule has 0 bridgehead atoms. The number of methoxy groups -OCH3 is 1. The van der Waals surface area contributed by atoms with E-state index in [-0.39, 0.29) is 16.9 Å². The molecule has 1 saturated carbocycles. The van der Waals surface area contributed by atoms with E-state index >= 15 is 0 Å². The van der Waals surface area contributed by atoms with Crippen molar-refractivity contribution in [2.45, 2.75) is 62.0 Å². The normalized spacial score (nSPS) is 21.4. The van der Waals surface area contributed by atoms with Gasteiger partial charge in [-0.25, -0.2) is 17.8 Å². The van der Waals surface area contributed by atoms with E-state index in [0.717, 1.165) is 48.9 Å². The van der Waals surface area contributed by atoms with Crippen LogP contribution in [0.4, 0.5) is 10.1 Å². The summed E-state index contributed by atoms with van der Waals surface area (Å²) < 4.78 is 55.8. The molecule has 0 radical (unpaired) electrons. The van der Waals surface area contributed by atoms with Crippen molar-refractivity contribution in [1.29, 1.82) is 0 Å². The number of benzene rings is 1. The number of ether oxygens (including phenoxy) is 2. The van der Waals surface area contributed by atoms with Crippen molar-refractivity contribution in [2.75, 3.05) is 12.4 Å². The van der Waals surface area contributed by atoms with Crippen LogP contribution in [0.2, 0.25) is 0 Å². The zero-order chi connectivity index (χ0) is 24.2. The molecule has 1 aromatic carbocycles. The van der Waals surface area contributed by atoms with Crippen molar-refractivity contribution in [2.24, 2.45) is 0 Å². The first-order valence-corrected chi connectivity index (χ1v) is 13.3. The van der Waals surface area contributed by atoms with Gasteiger partial charge in [-0.05, 0) is 73.4 Å². The molecule has 6 rings (SSSR count). The Hall–Kier alpha value is -3.02. The number of hydrogen-bond acceptors (Lipinski definition) is 7. The Bertz CT molecular complexity index is 1390. The largest absolute Gasteiger partial charge is 0.481 e. The third-order valence-electron chi connectivity index (χ3n) is 6.96. The molecule has 35 heavy (non-hydrogen) atoms. The van der Waals surface area contributed by atoms with Crippen LogP contribution >= 0.6 is 0 Å². The predicted octanol–water partition coefficient (Wildman–Crippen LogP) is 3.38. The smallest absolute Gasteiger partial charge is 0.262 e. The summed E-state index contributed by atoms with van der Waals surface area (Å²) in [6.45, 7) is 0. The van der Waals surface area contributed by atoms with Gasteiger partial charge in [-0.1, -0.05) is 0 Å². The zero-order valence-electron chi connectivity index (χ0n) is 19.2. The summed E-state index contributed by atoms with van der Waals surface area (Å²) in [6.07, 6.45) is 7.39. The number of fused-ring (bicyclic) bond motifs is 1. The van der Waals surface area contributed by atoms with Crippen LogP contribution in [-0.2, 0) is 27.6 Å².